The van der Waals surface area contributed by atoms with Gasteiger partial charge in [0.1, 0.15) is 0 Å². The van der Waals surface area contributed by atoms with Crippen LogP contribution in [0.25, 0.3) is 0 Å². The average molecular weight is 201 g/mol. The van der Waals surface area contributed by atoms with E-state index in [4.69, 9.17) is 4.74 Å². The number of aliphatic hydroxyl groups excluding tert-OH is 1. The highest BCUT2D eigenvalue weighted by Crippen LogP contribution is 2.23. The van der Waals surface area contributed by atoms with Crippen LogP contribution in [0.3, 0.4) is 0 Å². The van der Waals surface area contributed by atoms with Crippen molar-refractivity contribution in [2.75, 3.05) is 20.2 Å². The first-order chi connectivity index (χ1) is 6.72. The Hall–Kier alpha value is -0.120. The standard InChI is InChI=1S/C11H23NO2/c1-9(14-2)7-12-8-10-4-3-5-11(13)6-10/h9-13H,3-8H2,1-2H3. The zero-order chi connectivity index (χ0) is 10.4. The number of nitrogens with one attached hydrogen (secondary N) is 1. The van der Waals surface area contributed by atoms with E-state index in [2.05, 4.69) is 12.2 Å². The van der Waals surface area contributed by atoms with E-state index in [1.165, 1.54) is 12.8 Å². The van der Waals surface area contributed by atoms with Gasteiger partial charge in [-0.25, -0.2) is 0 Å². The summed E-state index contributed by atoms with van der Waals surface area (Å²) >= 11 is 0. The summed E-state index contributed by atoms with van der Waals surface area (Å²) in [7, 11) is 1.73. The summed E-state index contributed by atoms with van der Waals surface area (Å²) in [5, 5.41) is 12.9. The number of hydrogen-bond acceptors (Lipinski definition) is 3. The van der Waals surface area contributed by atoms with Crippen molar-refractivity contribution < 1.29 is 9.84 Å². The van der Waals surface area contributed by atoms with Gasteiger partial charge in [-0.3, -0.25) is 0 Å². The maximum Gasteiger partial charge on any atom is 0.0667 e. The normalized spacial score (nSPS) is 30.2. The van der Waals surface area contributed by atoms with Crippen LogP contribution >= 0.6 is 0 Å². The second-order valence-corrected chi connectivity index (χ2v) is 4.39. The number of rotatable bonds is 5. The monoisotopic (exact) mass is 201 g/mol. The van der Waals surface area contributed by atoms with Crippen molar-refractivity contribution in [3.05, 3.63) is 0 Å². The SMILES string of the molecule is COC(C)CNCC1CCCC(O)C1. The van der Waals surface area contributed by atoms with E-state index in [1.54, 1.807) is 7.11 Å². The summed E-state index contributed by atoms with van der Waals surface area (Å²) < 4.78 is 5.15. The fourth-order valence-electron chi connectivity index (χ4n) is 2.02. The predicted molar refractivity (Wildman–Crippen MR) is 57.3 cm³/mol. The molecule has 0 amide bonds. The topological polar surface area (TPSA) is 41.5 Å². The highest BCUT2D eigenvalue weighted by atomic mass is 16.5. The number of methoxy groups -OCH3 is 1. The third-order valence-corrected chi connectivity index (χ3v) is 3.02. The summed E-state index contributed by atoms with van der Waals surface area (Å²) in [4.78, 5) is 0. The molecule has 1 saturated carbocycles. The molecule has 0 bridgehead atoms. The van der Waals surface area contributed by atoms with Crippen LogP contribution in [0, 0.1) is 5.92 Å². The Kier molecular flexibility index (Phi) is 5.45. The smallest absolute Gasteiger partial charge is 0.0667 e. The van der Waals surface area contributed by atoms with Gasteiger partial charge < -0.3 is 15.2 Å². The van der Waals surface area contributed by atoms with Crippen LogP contribution in [-0.2, 0) is 4.74 Å². The minimum absolute atomic E-state index is 0.0598. The molecule has 14 heavy (non-hydrogen) atoms. The van der Waals surface area contributed by atoms with E-state index in [9.17, 15) is 5.11 Å². The van der Waals surface area contributed by atoms with E-state index in [-0.39, 0.29) is 12.2 Å². The maximum atomic E-state index is 9.48. The Labute approximate surface area is 86.8 Å². The number of aliphatic hydroxyl groups is 1. The van der Waals surface area contributed by atoms with Gasteiger partial charge in [0.15, 0.2) is 0 Å². The number of hydrogen-bond donors (Lipinski definition) is 2. The quantitative estimate of drug-likeness (QED) is 0.701. The molecular formula is C11H23NO2. The molecule has 3 unspecified atom stereocenters. The first-order valence-corrected chi connectivity index (χ1v) is 5.64. The van der Waals surface area contributed by atoms with Gasteiger partial charge in [-0.15, -0.1) is 0 Å². The maximum absolute atomic E-state index is 9.48. The van der Waals surface area contributed by atoms with E-state index < -0.39 is 0 Å². The lowest BCUT2D eigenvalue weighted by molar-refractivity contribution is 0.0937. The fourth-order valence-corrected chi connectivity index (χ4v) is 2.02. The van der Waals surface area contributed by atoms with Crippen molar-refractivity contribution >= 4 is 0 Å². The molecule has 0 aliphatic heterocycles. The lowest BCUT2D eigenvalue weighted by atomic mass is 9.87. The van der Waals surface area contributed by atoms with Gasteiger partial charge in [-0.1, -0.05) is 6.42 Å². The molecule has 3 nitrogen and oxygen atoms in total. The second kappa shape index (κ2) is 6.38. The molecule has 0 aromatic carbocycles. The van der Waals surface area contributed by atoms with E-state index in [1.807, 2.05) is 0 Å². The van der Waals surface area contributed by atoms with Gasteiger partial charge in [0.05, 0.1) is 12.2 Å². The predicted octanol–water partition coefficient (Wildman–Crippen LogP) is 1.16. The van der Waals surface area contributed by atoms with Crippen molar-refractivity contribution in [2.45, 2.75) is 44.8 Å². The first-order valence-electron chi connectivity index (χ1n) is 5.64. The van der Waals surface area contributed by atoms with Crippen molar-refractivity contribution in [1.82, 2.24) is 5.32 Å². The zero-order valence-corrected chi connectivity index (χ0v) is 9.33. The highest BCUT2D eigenvalue weighted by molar-refractivity contribution is 4.74. The van der Waals surface area contributed by atoms with Gasteiger partial charge in [0.25, 0.3) is 0 Å². The highest BCUT2D eigenvalue weighted by Gasteiger charge is 2.19. The molecular weight excluding hydrogens is 178 g/mol. The molecule has 3 atom stereocenters. The minimum atomic E-state index is -0.0598. The van der Waals surface area contributed by atoms with Gasteiger partial charge in [-0.2, -0.15) is 0 Å². The second-order valence-electron chi connectivity index (χ2n) is 4.39. The van der Waals surface area contributed by atoms with Gasteiger partial charge >= 0.3 is 0 Å². The van der Waals surface area contributed by atoms with Crippen LogP contribution in [0.15, 0.2) is 0 Å². The van der Waals surface area contributed by atoms with Gasteiger partial charge in [0.2, 0.25) is 0 Å². The Bertz CT molecular complexity index is 152. The van der Waals surface area contributed by atoms with Gasteiger partial charge in [0, 0.05) is 13.7 Å². The van der Waals surface area contributed by atoms with Crippen molar-refractivity contribution in [2.24, 2.45) is 5.92 Å². The Morgan fingerprint density at radius 2 is 2.29 bits per heavy atom. The van der Waals surface area contributed by atoms with Crippen molar-refractivity contribution in [3.63, 3.8) is 0 Å². The molecule has 1 fully saturated rings. The Morgan fingerprint density at radius 3 is 2.93 bits per heavy atom. The molecule has 1 aliphatic carbocycles. The van der Waals surface area contributed by atoms with Crippen LogP contribution in [0.1, 0.15) is 32.6 Å². The van der Waals surface area contributed by atoms with Crippen LogP contribution < -0.4 is 5.32 Å². The molecule has 1 rings (SSSR count). The molecule has 1 aliphatic rings. The molecule has 2 N–H and O–H groups in total. The molecule has 0 spiro atoms. The fraction of sp³-hybridized carbons (Fsp3) is 1.00. The van der Waals surface area contributed by atoms with Crippen LogP contribution in [0.2, 0.25) is 0 Å². The van der Waals surface area contributed by atoms with Crippen LogP contribution in [-0.4, -0.2) is 37.5 Å². The Morgan fingerprint density at radius 1 is 1.50 bits per heavy atom. The van der Waals surface area contributed by atoms with Gasteiger partial charge in [-0.05, 0) is 38.6 Å². The summed E-state index contributed by atoms with van der Waals surface area (Å²) in [6.45, 7) is 3.98. The molecule has 0 aromatic heterocycles. The molecule has 3 heteroatoms. The molecule has 0 saturated heterocycles. The largest absolute Gasteiger partial charge is 0.393 e. The third-order valence-electron chi connectivity index (χ3n) is 3.02. The molecule has 84 valence electrons. The van der Waals surface area contributed by atoms with Crippen molar-refractivity contribution in [1.29, 1.82) is 0 Å². The molecule has 0 aromatic rings. The molecule has 0 heterocycles. The summed E-state index contributed by atoms with van der Waals surface area (Å²) in [6, 6.07) is 0. The Balaban J connectivity index is 2.05. The lowest BCUT2D eigenvalue weighted by Crippen LogP contribution is -2.33. The van der Waals surface area contributed by atoms with Crippen LogP contribution in [0.4, 0.5) is 0 Å². The average Bonchev–Trinajstić information content (AvgIpc) is 2.17. The van der Waals surface area contributed by atoms with Crippen LogP contribution in [0.5, 0.6) is 0 Å². The lowest BCUT2D eigenvalue weighted by Gasteiger charge is -2.26. The summed E-state index contributed by atoms with van der Waals surface area (Å²) in [5.74, 6) is 0.655. The zero-order valence-electron chi connectivity index (χ0n) is 9.33. The van der Waals surface area contributed by atoms with E-state index in [0.717, 1.165) is 25.9 Å². The van der Waals surface area contributed by atoms with E-state index in [0.29, 0.717) is 5.92 Å². The minimum Gasteiger partial charge on any atom is -0.393 e. The third kappa shape index (κ3) is 4.40. The summed E-state index contributed by atoms with van der Waals surface area (Å²) in [5.41, 5.74) is 0. The van der Waals surface area contributed by atoms with Crippen molar-refractivity contribution in [3.8, 4) is 0 Å². The number of ether oxygens (including phenoxy) is 1. The van der Waals surface area contributed by atoms with E-state index >= 15 is 0 Å². The molecule has 0 radical (unpaired) electrons. The summed E-state index contributed by atoms with van der Waals surface area (Å²) in [6.07, 6.45) is 4.61. The first kappa shape index (κ1) is 12.0.